The van der Waals surface area contributed by atoms with Crippen molar-refractivity contribution in [1.82, 2.24) is 0 Å². The summed E-state index contributed by atoms with van der Waals surface area (Å²) in [7, 11) is 0. The molecule has 70 valence electrons. The van der Waals surface area contributed by atoms with Crippen molar-refractivity contribution in [3.63, 3.8) is 0 Å². The number of hydrogen-bond acceptors (Lipinski definition) is 1. The van der Waals surface area contributed by atoms with E-state index in [1.807, 2.05) is 0 Å². The molecule has 2 N–H and O–H groups in total. The zero-order chi connectivity index (χ0) is 9.84. The lowest BCUT2D eigenvalue weighted by molar-refractivity contribution is 0.598. The van der Waals surface area contributed by atoms with Crippen molar-refractivity contribution >= 4 is 17.7 Å². The van der Waals surface area contributed by atoms with Crippen LogP contribution in [0.5, 0.6) is 0 Å². The van der Waals surface area contributed by atoms with Gasteiger partial charge in [-0.2, -0.15) is 0 Å². The molecule has 0 aliphatic rings. The predicted molar refractivity (Wildman–Crippen MR) is 49.5 cm³/mol. The lowest BCUT2D eigenvalue weighted by atomic mass is 10.2. The van der Waals surface area contributed by atoms with Crippen LogP contribution in [-0.2, 0) is 0 Å². The van der Waals surface area contributed by atoms with Gasteiger partial charge in [-0.15, -0.1) is 0 Å². The van der Waals surface area contributed by atoms with Crippen LogP contribution in [0.15, 0.2) is 18.2 Å². The number of rotatable bonds is 2. The quantitative estimate of drug-likeness (QED) is 0.735. The summed E-state index contributed by atoms with van der Waals surface area (Å²) in [6.45, 7) is 0.271. The van der Waals surface area contributed by atoms with Gasteiger partial charge in [0.05, 0.1) is 5.02 Å². The molecule has 13 heavy (non-hydrogen) atoms. The summed E-state index contributed by atoms with van der Waals surface area (Å²) < 4.78 is 25.8. The molecular weight excluding hydrogens is 196 g/mol. The molecule has 0 bridgehead atoms. The van der Waals surface area contributed by atoms with Gasteiger partial charge < -0.3 is 5.73 Å². The number of hydrogen-bond donors (Lipinski definition) is 1. The largest absolute Gasteiger partial charge is 0.327 e. The molecule has 0 unspecified atom stereocenters. The van der Waals surface area contributed by atoms with Crippen LogP contribution in [0.3, 0.4) is 0 Å². The van der Waals surface area contributed by atoms with Crippen LogP contribution >= 0.6 is 11.6 Å². The van der Waals surface area contributed by atoms with Crippen LogP contribution in [0.4, 0.5) is 8.78 Å². The Hall–Kier alpha value is -0.930. The average Bonchev–Trinajstić information content (AvgIpc) is 2.09. The summed E-state index contributed by atoms with van der Waals surface area (Å²) in [5.74, 6) is -1.20. The van der Waals surface area contributed by atoms with Gasteiger partial charge in [0, 0.05) is 12.1 Å². The Kier molecular flexibility index (Phi) is 3.39. The van der Waals surface area contributed by atoms with Crippen molar-refractivity contribution < 1.29 is 8.78 Å². The molecule has 0 aromatic heterocycles. The minimum Gasteiger partial charge on any atom is -0.327 e. The zero-order valence-electron chi connectivity index (χ0n) is 6.73. The highest BCUT2D eigenvalue weighted by molar-refractivity contribution is 6.30. The average molecular weight is 204 g/mol. The van der Waals surface area contributed by atoms with Gasteiger partial charge in [-0.25, -0.2) is 8.78 Å². The molecule has 0 amide bonds. The third-order valence-corrected chi connectivity index (χ3v) is 1.73. The molecule has 0 atom stereocenters. The van der Waals surface area contributed by atoms with E-state index in [9.17, 15) is 8.78 Å². The molecular formula is C9H8ClF2N. The minimum atomic E-state index is -0.632. The number of halogens is 3. The van der Waals surface area contributed by atoms with Crippen molar-refractivity contribution in [3.05, 3.63) is 40.4 Å². The van der Waals surface area contributed by atoms with Crippen molar-refractivity contribution in [3.8, 4) is 0 Å². The first kappa shape index (κ1) is 10.2. The maximum atomic E-state index is 13.1. The van der Waals surface area contributed by atoms with Gasteiger partial charge in [-0.3, -0.25) is 0 Å². The van der Waals surface area contributed by atoms with Crippen LogP contribution < -0.4 is 5.73 Å². The number of nitrogens with two attached hydrogens (primary N) is 1. The van der Waals surface area contributed by atoms with E-state index in [0.717, 1.165) is 12.1 Å². The molecule has 0 fully saturated rings. The highest BCUT2D eigenvalue weighted by Gasteiger charge is 2.06. The fraction of sp³-hybridized carbons (Fsp3) is 0.111. The third kappa shape index (κ3) is 2.50. The summed E-state index contributed by atoms with van der Waals surface area (Å²) in [5, 5.41) is -0.225. The van der Waals surface area contributed by atoms with E-state index in [-0.39, 0.29) is 17.1 Å². The Bertz CT molecular complexity index is 337. The molecule has 0 heterocycles. The molecule has 0 radical (unpaired) electrons. The predicted octanol–water partition coefficient (Wildman–Crippen LogP) is 2.59. The lowest BCUT2D eigenvalue weighted by Crippen LogP contribution is -1.93. The molecule has 0 aliphatic carbocycles. The maximum absolute atomic E-state index is 13.1. The van der Waals surface area contributed by atoms with Crippen LogP contribution in [0, 0.1) is 11.6 Å². The first-order valence-corrected chi connectivity index (χ1v) is 4.04. The van der Waals surface area contributed by atoms with Crippen molar-refractivity contribution in [2.45, 2.75) is 0 Å². The SMILES string of the molecule is NC/C=C/c1cc(F)cc(Cl)c1F. The first-order chi connectivity index (χ1) is 6.15. The van der Waals surface area contributed by atoms with Crippen molar-refractivity contribution in [2.75, 3.05) is 6.54 Å². The lowest BCUT2D eigenvalue weighted by Gasteiger charge is -1.99. The van der Waals surface area contributed by atoms with Gasteiger partial charge in [-0.1, -0.05) is 23.8 Å². The highest BCUT2D eigenvalue weighted by Crippen LogP contribution is 2.20. The second-order valence-corrected chi connectivity index (χ2v) is 2.84. The van der Waals surface area contributed by atoms with Crippen LogP contribution in [0.2, 0.25) is 5.02 Å². The molecule has 1 nitrogen and oxygen atoms in total. The molecule has 1 aromatic rings. The van der Waals surface area contributed by atoms with E-state index >= 15 is 0 Å². The summed E-state index contributed by atoms with van der Waals surface area (Å²) in [5.41, 5.74) is 5.27. The molecule has 0 saturated heterocycles. The summed E-state index contributed by atoms with van der Waals surface area (Å²) in [6.07, 6.45) is 2.92. The Labute approximate surface area is 79.8 Å². The second-order valence-electron chi connectivity index (χ2n) is 2.43. The van der Waals surface area contributed by atoms with E-state index < -0.39 is 11.6 Å². The molecule has 1 rings (SSSR count). The fourth-order valence-electron chi connectivity index (χ4n) is 0.892. The molecule has 0 saturated carbocycles. The second kappa shape index (κ2) is 4.35. The van der Waals surface area contributed by atoms with E-state index in [2.05, 4.69) is 0 Å². The summed E-state index contributed by atoms with van der Waals surface area (Å²) >= 11 is 5.42. The molecule has 1 aromatic carbocycles. The monoisotopic (exact) mass is 203 g/mol. The van der Waals surface area contributed by atoms with Gasteiger partial charge in [0.1, 0.15) is 11.6 Å². The molecule has 0 aliphatic heterocycles. The highest BCUT2D eigenvalue weighted by atomic mass is 35.5. The number of benzene rings is 1. The van der Waals surface area contributed by atoms with Crippen LogP contribution in [0.25, 0.3) is 6.08 Å². The topological polar surface area (TPSA) is 26.0 Å². The van der Waals surface area contributed by atoms with Crippen LogP contribution in [0.1, 0.15) is 5.56 Å². The molecule has 4 heteroatoms. The normalized spacial score (nSPS) is 11.1. The zero-order valence-corrected chi connectivity index (χ0v) is 7.48. The fourth-order valence-corrected chi connectivity index (χ4v) is 1.11. The Morgan fingerprint density at radius 2 is 2.08 bits per heavy atom. The third-order valence-electron chi connectivity index (χ3n) is 1.45. The first-order valence-electron chi connectivity index (χ1n) is 3.66. The Morgan fingerprint density at radius 1 is 1.38 bits per heavy atom. The summed E-state index contributed by atoms with van der Waals surface area (Å²) in [4.78, 5) is 0. The standard InChI is InChI=1S/C9H8ClF2N/c10-8-5-7(11)4-6(9(8)12)2-1-3-13/h1-2,4-5H,3,13H2/b2-1+. The van der Waals surface area contributed by atoms with Gasteiger partial charge >= 0.3 is 0 Å². The van der Waals surface area contributed by atoms with Gasteiger partial charge in [0.2, 0.25) is 0 Å². The van der Waals surface area contributed by atoms with E-state index in [4.69, 9.17) is 17.3 Å². The Balaban J connectivity index is 3.12. The van der Waals surface area contributed by atoms with Gasteiger partial charge in [0.15, 0.2) is 0 Å². The maximum Gasteiger partial charge on any atom is 0.149 e. The van der Waals surface area contributed by atoms with Gasteiger partial charge in [0.25, 0.3) is 0 Å². The van der Waals surface area contributed by atoms with Crippen molar-refractivity contribution in [1.29, 1.82) is 0 Å². The summed E-state index contributed by atoms with van der Waals surface area (Å²) in [6, 6.07) is 1.99. The molecule has 0 spiro atoms. The minimum absolute atomic E-state index is 0.107. The van der Waals surface area contributed by atoms with E-state index in [1.54, 1.807) is 0 Å². The van der Waals surface area contributed by atoms with Crippen molar-refractivity contribution in [2.24, 2.45) is 5.73 Å². The van der Waals surface area contributed by atoms with Crippen LogP contribution in [-0.4, -0.2) is 6.54 Å². The van der Waals surface area contributed by atoms with E-state index in [0.29, 0.717) is 0 Å². The van der Waals surface area contributed by atoms with E-state index in [1.165, 1.54) is 12.2 Å². The smallest absolute Gasteiger partial charge is 0.149 e. The Morgan fingerprint density at radius 3 is 2.69 bits per heavy atom. The van der Waals surface area contributed by atoms with Gasteiger partial charge in [-0.05, 0) is 12.1 Å².